The zero-order chi connectivity index (χ0) is 16.4. The molecule has 0 radical (unpaired) electrons. The zero-order valence-corrected chi connectivity index (χ0v) is 13.4. The molecule has 1 aliphatic rings. The van der Waals surface area contributed by atoms with Gasteiger partial charge in [0, 0.05) is 6.61 Å². The summed E-state index contributed by atoms with van der Waals surface area (Å²) in [5.74, 6) is -0.248. The number of fused-ring (bicyclic) bond motifs is 1. The van der Waals surface area contributed by atoms with Crippen LogP contribution in [0.5, 0.6) is 0 Å². The van der Waals surface area contributed by atoms with Gasteiger partial charge in [0.05, 0.1) is 17.1 Å². The van der Waals surface area contributed by atoms with Gasteiger partial charge in [0.1, 0.15) is 5.82 Å². The highest BCUT2D eigenvalue weighted by atomic mass is 19.1. The Hall–Kier alpha value is -2.46. The molecule has 1 aromatic heterocycles. The van der Waals surface area contributed by atoms with Crippen LogP contribution >= 0.6 is 0 Å². The van der Waals surface area contributed by atoms with Crippen LogP contribution in [0.25, 0.3) is 23.1 Å². The second-order valence-corrected chi connectivity index (χ2v) is 6.09. The van der Waals surface area contributed by atoms with Gasteiger partial charge in [-0.05, 0) is 42.5 Å². The van der Waals surface area contributed by atoms with Gasteiger partial charge in [-0.25, -0.2) is 9.07 Å². The van der Waals surface area contributed by atoms with Crippen molar-refractivity contribution in [3.8, 4) is 0 Å². The van der Waals surface area contributed by atoms with E-state index in [4.69, 9.17) is 4.74 Å². The van der Waals surface area contributed by atoms with Crippen molar-refractivity contribution < 1.29 is 9.13 Å². The molecule has 2 aromatic carbocycles. The minimum atomic E-state index is -0.248. The maximum absolute atomic E-state index is 14.4. The van der Waals surface area contributed by atoms with E-state index < -0.39 is 0 Å². The Morgan fingerprint density at radius 1 is 1.08 bits per heavy atom. The lowest BCUT2D eigenvalue weighted by Gasteiger charge is -2.23. The summed E-state index contributed by atoms with van der Waals surface area (Å²) in [6, 6.07) is 13.5. The van der Waals surface area contributed by atoms with Gasteiger partial charge in [0.25, 0.3) is 0 Å². The van der Waals surface area contributed by atoms with Gasteiger partial charge >= 0.3 is 0 Å². The fraction of sp³-hybridized carbons (Fsp3) is 0.250. The molecule has 1 fully saturated rings. The number of benzene rings is 2. The Morgan fingerprint density at radius 2 is 1.92 bits per heavy atom. The van der Waals surface area contributed by atoms with E-state index in [0.29, 0.717) is 5.39 Å². The van der Waals surface area contributed by atoms with Gasteiger partial charge in [-0.3, -0.25) is 0 Å². The molecule has 3 nitrogen and oxygen atoms in total. The quantitative estimate of drug-likeness (QED) is 0.631. The fourth-order valence-electron chi connectivity index (χ4n) is 3.12. The molecule has 0 amide bonds. The van der Waals surface area contributed by atoms with E-state index in [-0.39, 0.29) is 12.0 Å². The summed E-state index contributed by atoms with van der Waals surface area (Å²) in [6.45, 7) is 0.738. The molecule has 1 unspecified atom stereocenters. The van der Waals surface area contributed by atoms with Gasteiger partial charge in [0.15, 0.2) is 6.23 Å². The Kier molecular flexibility index (Phi) is 4.13. The lowest BCUT2D eigenvalue weighted by atomic mass is 10.1. The summed E-state index contributed by atoms with van der Waals surface area (Å²) in [5, 5.41) is 4.91. The Bertz CT molecular complexity index is 864. The molecule has 0 saturated carbocycles. The molecular weight excluding hydrogens is 303 g/mol. The summed E-state index contributed by atoms with van der Waals surface area (Å²) in [6.07, 6.45) is 8.52. The molecule has 24 heavy (non-hydrogen) atoms. The van der Waals surface area contributed by atoms with Crippen molar-refractivity contribution in [3.63, 3.8) is 0 Å². The van der Waals surface area contributed by atoms with Gasteiger partial charge < -0.3 is 4.74 Å². The van der Waals surface area contributed by atoms with E-state index in [1.807, 2.05) is 53.2 Å². The SMILES string of the molecule is Fc1cc(C=Cc2ccccc2)cc2c1cnn2C1CCCCO1. The van der Waals surface area contributed by atoms with E-state index in [1.165, 1.54) is 0 Å². The van der Waals surface area contributed by atoms with Crippen molar-refractivity contribution in [1.82, 2.24) is 9.78 Å². The summed E-state index contributed by atoms with van der Waals surface area (Å²) in [4.78, 5) is 0. The molecule has 4 rings (SSSR count). The summed E-state index contributed by atoms with van der Waals surface area (Å²) in [5.41, 5.74) is 2.69. The van der Waals surface area contributed by atoms with Crippen LogP contribution in [-0.2, 0) is 4.74 Å². The van der Waals surface area contributed by atoms with Crippen LogP contribution in [0.4, 0.5) is 4.39 Å². The highest BCUT2D eigenvalue weighted by molar-refractivity contribution is 5.83. The van der Waals surface area contributed by atoms with E-state index in [2.05, 4.69) is 5.10 Å². The second kappa shape index (κ2) is 6.57. The molecule has 0 bridgehead atoms. The van der Waals surface area contributed by atoms with Crippen LogP contribution in [0.1, 0.15) is 36.6 Å². The van der Waals surface area contributed by atoms with Crippen molar-refractivity contribution in [1.29, 1.82) is 0 Å². The highest BCUT2D eigenvalue weighted by Gasteiger charge is 2.19. The number of rotatable bonds is 3. The number of nitrogens with zero attached hydrogens (tertiary/aromatic N) is 2. The Labute approximate surface area is 140 Å². The topological polar surface area (TPSA) is 27.1 Å². The molecule has 1 saturated heterocycles. The van der Waals surface area contributed by atoms with Crippen LogP contribution in [0.3, 0.4) is 0 Å². The van der Waals surface area contributed by atoms with Crippen molar-refractivity contribution >= 4 is 23.1 Å². The molecular formula is C20H19FN2O. The monoisotopic (exact) mass is 322 g/mol. The first-order valence-electron chi connectivity index (χ1n) is 8.33. The lowest BCUT2D eigenvalue weighted by molar-refractivity contribution is -0.0366. The van der Waals surface area contributed by atoms with Crippen LogP contribution < -0.4 is 0 Å². The first-order valence-corrected chi connectivity index (χ1v) is 8.33. The predicted molar refractivity (Wildman–Crippen MR) is 93.9 cm³/mol. The van der Waals surface area contributed by atoms with Gasteiger partial charge in [-0.2, -0.15) is 5.10 Å². The first-order chi connectivity index (χ1) is 11.8. The molecule has 0 N–H and O–H groups in total. The first kappa shape index (κ1) is 15.1. The standard InChI is InChI=1S/C20H19FN2O/c21-18-12-16(10-9-15-6-2-1-3-7-15)13-19-17(18)14-22-23(19)20-8-4-5-11-24-20/h1-3,6-7,9-10,12-14,20H,4-5,8,11H2. The molecule has 1 atom stereocenters. The number of ether oxygens (including phenoxy) is 1. The highest BCUT2D eigenvalue weighted by Crippen LogP contribution is 2.28. The van der Waals surface area contributed by atoms with Crippen LogP contribution in [0.15, 0.2) is 48.7 Å². The summed E-state index contributed by atoms with van der Waals surface area (Å²) < 4.78 is 22.0. The Balaban J connectivity index is 1.71. The fourth-order valence-corrected chi connectivity index (χ4v) is 3.12. The maximum Gasteiger partial charge on any atom is 0.150 e. The molecule has 4 heteroatoms. The van der Waals surface area contributed by atoms with Gasteiger partial charge in [-0.15, -0.1) is 0 Å². The van der Waals surface area contributed by atoms with Crippen molar-refractivity contribution in [2.24, 2.45) is 0 Å². The van der Waals surface area contributed by atoms with Crippen molar-refractivity contribution in [2.45, 2.75) is 25.5 Å². The predicted octanol–water partition coefficient (Wildman–Crippen LogP) is 5.04. The third-order valence-electron chi connectivity index (χ3n) is 4.38. The molecule has 1 aliphatic heterocycles. The minimum Gasteiger partial charge on any atom is -0.356 e. The van der Waals surface area contributed by atoms with E-state index in [1.54, 1.807) is 12.3 Å². The normalized spacial score (nSPS) is 18.5. The summed E-state index contributed by atoms with van der Waals surface area (Å²) in [7, 11) is 0. The molecule has 122 valence electrons. The van der Waals surface area contributed by atoms with Crippen LogP contribution in [-0.4, -0.2) is 16.4 Å². The molecule has 2 heterocycles. The van der Waals surface area contributed by atoms with Crippen molar-refractivity contribution in [3.05, 3.63) is 65.6 Å². The van der Waals surface area contributed by atoms with Crippen molar-refractivity contribution in [2.75, 3.05) is 6.61 Å². The van der Waals surface area contributed by atoms with E-state index >= 15 is 0 Å². The largest absolute Gasteiger partial charge is 0.356 e. The number of aromatic nitrogens is 2. The third kappa shape index (κ3) is 2.97. The average Bonchev–Trinajstić information content (AvgIpc) is 3.06. The zero-order valence-electron chi connectivity index (χ0n) is 13.4. The van der Waals surface area contributed by atoms with E-state index in [9.17, 15) is 4.39 Å². The van der Waals surface area contributed by atoms with E-state index in [0.717, 1.165) is 42.5 Å². The molecule has 0 aliphatic carbocycles. The number of hydrogen-bond acceptors (Lipinski definition) is 2. The third-order valence-corrected chi connectivity index (χ3v) is 4.38. The average molecular weight is 322 g/mol. The Morgan fingerprint density at radius 3 is 2.71 bits per heavy atom. The van der Waals surface area contributed by atoms with Crippen LogP contribution in [0, 0.1) is 5.82 Å². The van der Waals surface area contributed by atoms with Gasteiger partial charge in [-0.1, -0.05) is 42.5 Å². The number of hydrogen-bond donors (Lipinski definition) is 0. The second-order valence-electron chi connectivity index (χ2n) is 6.09. The minimum absolute atomic E-state index is 0.0935. The van der Waals surface area contributed by atoms with Gasteiger partial charge in [0.2, 0.25) is 0 Å². The smallest absolute Gasteiger partial charge is 0.150 e. The molecule has 0 spiro atoms. The number of halogens is 1. The summed E-state index contributed by atoms with van der Waals surface area (Å²) >= 11 is 0. The van der Waals surface area contributed by atoms with Crippen LogP contribution in [0.2, 0.25) is 0 Å². The maximum atomic E-state index is 14.4. The molecule has 3 aromatic rings. The lowest BCUT2D eigenvalue weighted by Crippen LogP contribution is -2.19.